The molecule has 2 fully saturated rings. The van der Waals surface area contributed by atoms with Gasteiger partial charge in [-0.15, -0.1) is 0 Å². The standard InChI is InChI=1S/C28H31ClFN5O4/c29-22-14-19(6-7-23(22)30)33-28-21-15-25(34-27(36)5-1-8-35-9-3-11-37-13-10-35)26(16-24(21)31-18-32-28)39-17-20-4-2-12-38-20/h1,5-7,14-16,18,20H,2-4,8-13,17H2,(H,34,36)(H,31,32,33)/b5-1+. The lowest BCUT2D eigenvalue weighted by Gasteiger charge is -2.17. The fourth-order valence-corrected chi connectivity index (χ4v) is 4.71. The summed E-state index contributed by atoms with van der Waals surface area (Å²) < 4.78 is 30.9. The number of fused-ring (bicyclic) bond motifs is 1. The first-order valence-corrected chi connectivity index (χ1v) is 13.5. The summed E-state index contributed by atoms with van der Waals surface area (Å²) in [6.07, 6.45) is 7.71. The topological polar surface area (TPSA) is 97.8 Å². The molecule has 2 saturated heterocycles. The van der Waals surface area contributed by atoms with Crippen LogP contribution in [0.5, 0.6) is 5.75 Å². The van der Waals surface area contributed by atoms with Crippen molar-refractivity contribution >= 4 is 45.6 Å². The number of hydrogen-bond donors (Lipinski definition) is 2. The minimum absolute atomic E-state index is 0.00405. The van der Waals surface area contributed by atoms with Gasteiger partial charge in [0.25, 0.3) is 0 Å². The molecule has 0 saturated carbocycles. The summed E-state index contributed by atoms with van der Waals surface area (Å²) in [5.41, 5.74) is 1.65. The maximum Gasteiger partial charge on any atom is 0.248 e. The van der Waals surface area contributed by atoms with Crippen LogP contribution in [0, 0.1) is 5.82 Å². The average Bonchev–Trinajstić information content (AvgIpc) is 3.32. The molecule has 3 aromatic rings. The number of benzene rings is 2. The summed E-state index contributed by atoms with van der Waals surface area (Å²) in [5.74, 6) is 0.172. The molecule has 0 bridgehead atoms. The maximum absolute atomic E-state index is 13.6. The summed E-state index contributed by atoms with van der Waals surface area (Å²) in [6, 6.07) is 7.87. The van der Waals surface area contributed by atoms with Crippen LogP contribution in [-0.2, 0) is 14.3 Å². The summed E-state index contributed by atoms with van der Waals surface area (Å²) in [4.78, 5) is 23.9. The molecule has 2 aliphatic heterocycles. The van der Waals surface area contributed by atoms with Crippen molar-refractivity contribution < 1.29 is 23.4 Å². The van der Waals surface area contributed by atoms with Crippen LogP contribution in [0.4, 0.5) is 21.6 Å². The number of carbonyl (C=O) groups is 1. The summed E-state index contributed by atoms with van der Waals surface area (Å²) in [7, 11) is 0. The van der Waals surface area contributed by atoms with Gasteiger partial charge in [-0.05, 0) is 43.5 Å². The van der Waals surface area contributed by atoms with E-state index in [0.717, 1.165) is 45.6 Å². The largest absolute Gasteiger partial charge is 0.489 e. The molecule has 2 N–H and O–H groups in total. The van der Waals surface area contributed by atoms with Gasteiger partial charge in [0, 0.05) is 56.1 Å². The normalized spacial score (nSPS) is 18.4. The molecule has 5 rings (SSSR count). The molecule has 1 amide bonds. The van der Waals surface area contributed by atoms with Crippen LogP contribution in [0.15, 0.2) is 48.8 Å². The van der Waals surface area contributed by atoms with Crippen LogP contribution in [0.25, 0.3) is 10.9 Å². The Morgan fingerprint density at radius 2 is 2.10 bits per heavy atom. The van der Waals surface area contributed by atoms with Crippen LogP contribution in [0.2, 0.25) is 5.02 Å². The van der Waals surface area contributed by atoms with E-state index >= 15 is 0 Å². The van der Waals surface area contributed by atoms with Crippen molar-refractivity contribution in [3.63, 3.8) is 0 Å². The van der Waals surface area contributed by atoms with Gasteiger partial charge in [-0.25, -0.2) is 14.4 Å². The van der Waals surface area contributed by atoms with E-state index in [-0.39, 0.29) is 17.0 Å². The molecule has 0 aliphatic carbocycles. The third kappa shape index (κ3) is 7.42. The van der Waals surface area contributed by atoms with Gasteiger partial charge in [0.05, 0.1) is 28.9 Å². The lowest BCUT2D eigenvalue weighted by molar-refractivity contribution is -0.111. The number of halogens is 2. The van der Waals surface area contributed by atoms with Crippen molar-refractivity contribution in [3.05, 3.63) is 59.7 Å². The lowest BCUT2D eigenvalue weighted by atomic mass is 10.1. The van der Waals surface area contributed by atoms with Crippen molar-refractivity contribution in [2.45, 2.75) is 25.4 Å². The first kappa shape index (κ1) is 27.3. The van der Waals surface area contributed by atoms with Gasteiger partial charge >= 0.3 is 0 Å². The number of hydrogen-bond acceptors (Lipinski definition) is 8. The molecule has 9 nitrogen and oxygen atoms in total. The first-order chi connectivity index (χ1) is 19.0. The van der Waals surface area contributed by atoms with Gasteiger partial charge in [-0.3, -0.25) is 9.69 Å². The molecule has 2 aromatic carbocycles. The van der Waals surface area contributed by atoms with Gasteiger partial charge in [0.2, 0.25) is 5.91 Å². The van der Waals surface area contributed by atoms with E-state index in [1.165, 1.54) is 24.5 Å². The highest BCUT2D eigenvalue weighted by molar-refractivity contribution is 6.31. The monoisotopic (exact) mass is 555 g/mol. The number of anilines is 3. The number of rotatable bonds is 9. The van der Waals surface area contributed by atoms with E-state index in [0.29, 0.717) is 53.6 Å². The predicted octanol–water partition coefficient (Wildman–Crippen LogP) is 4.94. The van der Waals surface area contributed by atoms with E-state index in [1.54, 1.807) is 18.2 Å². The van der Waals surface area contributed by atoms with Gasteiger partial charge in [-0.1, -0.05) is 17.7 Å². The van der Waals surface area contributed by atoms with E-state index in [1.807, 2.05) is 6.08 Å². The molecular formula is C28H31ClFN5O4. The molecule has 2 aliphatic rings. The second kappa shape index (κ2) is 13.2. The SMILES string of the molecule is O=C(/C=C/CN1CCCOCC1)Nc1cc2c(Nc3ccc(F)c(Cl)c3)ncnc2cc1OCC1CCCO1. The maximum atomic E-state index is 13.6. The van der Waals surface area contributed by atoms with E-state index in [4.69, 9.17) is 25.8 Å². The second-order valence-corrected chi connectivity index (χ2v) is 9.85. The molecule has 206 valence electrons. The molecule has 1 aromatic heterocycles. The first-order valence-electron chi connectivity index (χ1n) is 13.1. The number of nitrogens with one attached hydrogen (secondary N) is 2. The molecule has 11 heteroatoms. The number of aromatic nitrogens is 2. The molecule has 1 unspecified atom stereocenters. The van der Waals surface area contributed by atoms with Crippen LogP contribution in [-0.4, -0.2) is 72.9 Å². The van der Waals surface area contributed by atoms with Crippen LogP contribution < -0.4 is 15.4 Å². The minimum atomic E-state index is -0.509. The fraction of sp³-hybridized carbons (Fsp3) is 0.393. The van der Waals surface area contributed by atoms with Gasteiger partial charge < -0.3 is 24.8 Å². The Morgan fingerprint density at radius 1 is 1.18 bits per heavy atom. The Bertz CT molecular complexity index is 1330. The van der Waals surface area contributed by atoms with Crippen molar-refractivity contribution in [2.24, 2.45) is 0 Å². The molecule has 0 spiro atoms. The quantitative estimate of drug-likeness (QED) is 0.358. The Hall–Kier alpha value is -3.31. The van der Waals surface area contributed by atoms with Crippen molar-refractivity contribution in [1.82, 2.24) is 14.9 Å². The minimum Gasteiger partial charge on any atom is -0.489 e. The summed E-state index contributed by atoms with van der Waals surface area (Å²) in [5, 5.41) is 6.75. The van der Waals surface area contributed by atoms with Gasteiger partial charge in [0.1, 0.15) is 30.3 Å². The van der Waals surface area contributed by atoms with Crippen molar-refractivity contribution in [3.8, 4) is 5.75 Å². The Kier molecular flexibility index (Phi) is 9.20. The zero-order chi connectivity index (χ0) is 27.0. The van der Waals surface area contributed by atoms with Gasteiger partial charge in [-0.2, -0.15) is 0 Å². The average molecular weight is 556 g/mol. The molecule has 3 heterocycles. The molecule has 39 heavy (non-hydrogen) atoms. The zero-order valence-electron chi connectivity index (χ0n) is 21.5. The summed E-state index contributed by atoms with van der Waals surface area (Å²) in [6.45, 7) is 5.00. The third-order valence-corrected chi connectivity index (χ3v) is 6.86. The Morgan fingerprint density at radius 3 is 2.95 bits per heavy atom. The smallest absolute Gasteiger partial charge is 0.248 e. The lowest BCUT2D eigenvalue weighted by Crippen LogP contribution is -2.26. The van der Waals surface area contributed by atoms with Crippen LogP contribution >= 0.6 is 11.6 Å². The highest BCUT2D eigenvalue weighted by atomic mass is 35.5. The van der Waals surface area contributed by atoms with Crippen LogP contribution in [0.1, 0.15) is 19.3 Å². The highest BCUT2D eigenvalue weighted by Gasteiger charge is 2.19. The second-order valence-electron chi connectivity index (χ2n) is 9.45. The number of amides is 1. The fourth-order valence-electron chi connectivity index (χ4n) is 4.53. The van der Waals surface area contributed by atoms with E-state index in [2.05, 4.69) is 25.5 Å². The summed E-state index contributed by atoms with van der Waals surface area (Å²) >= 11 is 5.95. The van der Waals surface area contributed by atoms with Crippen LogP contribution in [0.3, 0.4) is 0 Å². The van der Waals surface area contributed by atoms with E-state index in [9.17, 15) is 9.18 Å². The molecule has 1 atom stereocenters. The zero-order valence-corrected chi connectivity index (χ0v) is 22.3. The highest BCUT2D eigenvalue weighted by Crippen LogP contribution is 2.34. The number of carbonyl (C=O) groups excluding carboxylic acids is 1. The molecular weight excluding hydrogens is 525 g/mol. The predicted molar refractivity (Wildman–Crippen MR) is 148 cm³/mol. The number of nitrogens with zero attached hydrogens (tertiary/aromatic N) is 3. The van der Waals surface area contributed by atoms with Gasteiger partial charge in [0.15, 0.2) is 0 Å². The van der Waals surface area contributed by atoms with Crippen molar-refractivity contribution in [1.29, 1.82) is 0 Å². The van der Waals surface area contributed by atoms with E-state index < -0.39 is 5.82 Å². The Balaban J connectivity index is 1.38. The number of ether oxygens (including phenoxy) is 3. The third-order valence-electron chi connectivity index (χ3n) is 6.57. The Labute approximate surface area is 231 Å². The molecule has 0 radical (unpaired) electrons. The van der Waals surface area contributed by atoms with Crippen molar-refractivity contribution in [2.75, 3.05) is 56.7 Å².